The molecule has 1 fully saturated rings. The smallest absolute Gasteiger partial charge is 0.290 e. The first kappa shape index (κ1) is 21.0. The van der Waals surface area contributed by atoms with E-state index < -0.39 is 23.5 Å². The minimum absolute atomic E-state index is 0.0235. The number of methoxy groups -OCH3 is 2. The summed E-state index contributed by atoms with van der Waals surface area (Å²) in [7, 11) is 3.04. The van der Waals surface area contributed by atoms with Crippen LogP contribution in [-0.2, 0) is 9.53 Å². The maximum atomic E-state index is 13.3. The van der Waals surface area contributed by atoms with E-state index in [0.717, 1.165) is 12.8 Å². The molecule has 4 rings (SSSR count). The van der Waals surface area contributed by atoms with Gasteiger partial charge in [0.25, 0.3) is 5.91 Å². The number of amides is 1. The van der Waals surface area contributed by atoms with Crippen LogP contribution in [0.25, 0.3) is 0 Å². The van der Waals surface area contributed by atoms with Gasteiger partial charge in [0.2, 0.25) is 5.78 Å². The molecule has 0 spiro atoms. The van der Waals surface area contributed by atoms with Crippen molar-refractivity contribution in [1.29, 1.82) is 0 Å². The molecule has 0 bridgehead atoms. The number of furan rings is 1. The van der Waals surface area contributed by atoms with Gasteiger partial charge < -0.3 is 28.6 Å². The highest BCUT2D eigenvalue weighted by Gasteiger charge is 2.45. The molecule has 2 atom stereocenters. The predicted molar refractivity (Wildman–Crippen MR) is 110 cm³/mol. The van der Waals surface area contributed by atoms with Crippen LogP contribution in [0.15, 0.2) is 46.1 Å². The lowest BCUT2D eigenvalue weighted by atomic mass is 9.94. The first-order chi connectivity index (χ1) is 14.9. The zero-order chi connectivity index (χ0) is 22.1. The number of aryl methyl sites for hydroxylation is 1. The van der Waals surface area contributed by atoms with Crippen molar-refractivity contribution in [3.63, 3.8) is 0 Å². The van der Waals surface area contributed by atoms with Gasteiger partial charge in [-0.3, -0.25) is 9.59 Å². The molecule has 164 valence electrons. The minimum Gasteiger partial charge on any atom is -0.503 e. The maximum absolute atomic E-state index is 13.3. The van der Waals surface area contributed by atoms with E-state index in [4.69, 9.17) is 18.6 Å². The molecular weight excluding hydrogens is 402 g/mol. The monoisotopic (exact) mass is 427 g/mol. The zero-order valence-corrected chi connectivity index (χ0v) is 17.7. The number of rotatable bonds is 7. The third-order valence-electron chi connectivity index (χ3n) is 5.66. The molecule has 0 radical (unpaired) electrons. The molecule has 2 aliphatic rings. The van der Waals surface area contributed by atoms with Crippen molar-refractivity contribution >= 4 is 11.7 Å². The van der Waals surface area contributed by atoms with Crippen LogP contribution in [0.1, 0.15) is 40.8 Å². The highest BCUT2D eigenvalue weighted by molar-refractivity contribution is 6.15. The average molecular weight is 427 g/mol. The molecule has 1 amide bonds. The van der Waals surface area contributed by atoms with E-state index in [1.807, 2.05) is 0 Å². The highest BCUT2D eigenvalue weighted by atomic mass is 16.5. The number of ketones is 1. The Morgan fingerprint density at radius 3 is 2.58 bits per heavy atom. The van der Waals surface area contributed by atoms with E-state index in [0.29, 0.717) is 29.4 Å². The highest BCUT2D eigenvalue weighted by Crippen LogP contribution is 2.42. The lowest BCUT2D eigenvalue weighted by molar-refractivity contribution is -0.131. The maximum Gasteiger partial charge on any atom is 0.290 e. The summed E-state index contributed by atoms with van der Waals surface area (Å²) in [5.41, 5.74) is 0.587. The molecule has 1 saturated heterocycles. The fraction of sp³-hybridized carbons (Fsp3) is 0.391. The van der Waals surface area contributed by atoms with Crippen molar-refractivity contribution in [2.24, 2.45) is 0 Å². The van der Waals surface area contributed by atoms with Gasteiger partial charge in [-0.15, -0.1) is 0 Å². The van der Waals surface area contributed by atoms with Gasteiger partial charge >= 0.3 is 0 Å². The van der Waals surface area contributed by atoms with E-state index in [9.17, 15) is 14.7 Å². The average Bonchev–Trinajstić information content (AvgIpc) is 3.50. The second-order valence-corrected chi connectivity index (χ2v) is 7.61. The molecule has 1 aromatic heterocycles. The first-order valence-electron chi connectivity index (χ1n) is 10.1. The second-order valence-electron chi connectivity index (χ2n) is 7.61. The van der Waals surface area contributed by atoms with E-state index in [1.165, 1.54) is 25.2 Å². The van der Waals surface area contributed by atoms with Gasteiger partial charge in [0.15, 0.2) is 23.0 Å². The molecule has 1 N–H and O–H groups in total. The van der Waals surface area contributed by atoms with Gasteiger partial charge in [0.05, 0.1) is 31.9 Å². The van der Waals surface area contributed by atoms with Crippen LogP contribution in [0.5, 0.6) is 11.5 Å². The Morgan fingerprint density at radius 1 is 1.19 bits per heavy atom. The van der Waals surface area contributed by atoms with Gasteiger partial charge in [0, 0.05) is 13.2 Å². The molecule has 8 heteroatoms. The molecule has 0 unspecified atom stereocenters. The summed E-state index contributed by atoms with van der Waals surface area (Å²) in [6.45, 7) is 2.61. The second kappa shape index (κ2) is 8.47. The lowest BCUT2D eigenvalue weighted by Crippen LogP contribution is -2.37. The number of aliphatic hydroxyl groups is 1. The SMILES string of the molecule is COc1ccc([C@@H]2C(C(=O)c3ccc(C)o3)=C(O)C(=O)N2C[C@@H]2CCCO2)cc1OC. The number of carbonyl (C=O) groups is 2. The standard InChI is InChI=1S/C23H25NO7/c1-13-6-8-17(31-13)21(25)19-20(14-7-9-16(28-2)18(11-14)29-3)24(23(27)22(19)26)12-15-5-4-10-30-15/h6-9,11,15,20,26H,4-5,10,12H2,1-3H3/t15-,20+/m0/s1. The summed E-state index contributed by atoms with van der Waals surface area (Å²) in [6.07, 6.45) is 1.56. The third-order valence-corrected chi connectivity index (χ3v) is 5.66. The molecular formula is C23H25NO7. The number of carbonyl (C=O) groups excluding carboxylic acids is 2. The van der Waals surface area contributed by atoms with Crippen LogP contribution in [-0.4, -0.2) is 55.2 Å². The summed E-state index contributed by atoms with van der Waals surface area (Å²) >= 11 is 0. The Bertz CT molecular complexity index is 1030. The lowest BCUT2D eigenvalue weighted by Gasteiger charge is -2.29. The molecule has 2 aromatic rings. The zero-order valence-electron chi connectivity index (χ0n) is 17.7. The van der Waals surface area contributed by atoms with Crippen molar-refractivity contribution < 1.29 is 33.3 Å². The molecule has 0 aliphatic carbocycles. The summed E-state index contributed by atoms with van der Waals surface area (Å²) in [5, 5.41) is 10.7. The number of ether oxygens (including phenoxy) is 3. The van der Waals surface area contributed by atoms with Crippen LogP contribution in [0.2, 0.25) is 0 Å². The van der Waals surface area contributed by atoms with Crippen LogP contribution in [0.4, 0.5) is 0 Å². The van der Waals surface area contributed by atoms with Crippen molar-refractivity contribution in [3.05, 3.63) is 58.7 Å². The van der Waals surface area contributed by atoms with Crippen LogP contribution in [0.3, 0.4) is 0 Å². The quantitative estimate of drug-likeness (QED) is 0.677. The van der Waals surface area contributed by atoms with Crippen molar-refractivity contribution in [1.82, 2.24) is 4.90 Å². The molecule has 3 heterocycles. The third kappa shape index (κ3) is 3.79. The van der Waals surface area contributed by atoms with Gasteiger partial charge in [-0.05, 0) is 49.6 Å². The molecule has 2 aliphatic heterocycles. The van der Waals surface area contributed by atoms with Gasteiger partial charge in [-0.2, -0.15) is 0 Å². The van der Waals surface area contributed by atoms with Crippen LogP contribution < -0.4 is 9.47 Å². The Kier molecular flexibility index (Phi) is 5.73. The van der Waals surface area contributed by atoms with Crippen molar-refractivity contribution in [3.8, 4) is 11.5 Å². The normalized spacial score (nSPS) is 21.1. The number of benzene rings is 1. The molecule has 8 nitrogen and oxygen atoms in total. The molecule has 0 saturated carbocycles. The largest absolute Gasteiger partial charge is 0.503 e. The van der Waals surface area contributed by atoms with E-state index >= 15 is 0 Å². The Labute approximate surface area is 180 Å². The fourth-order valence-corrected chi connectivity index (χ4v) is 4.14. The number of aliphatic hydroxyl groups excluding tert-OH is 1. The van der Waals surface area contributed by atoms with Crippen LogP contribution >= 0.6 is 0 Å². The van der Waals surface area contributed by atoms with Crippen molar-refractivity contribution in [2.45, 2.75) is 31.9 Å². The fourth-order valence-electron chi connectivity index (χ4n) is 4.14. The van der Waals surface area contributed by atoms with Crippen molar-refractivity contribution in [2.75, 3.05) is 27.4 Å². The minimum atomic E-state index is -0.811. The molecule has 1 aromatic carbocycles. The van der Waals surface area contributed by atoms with E-state index in [1.54, 1.807) is 31.2 Å². The number of Topliss-reactive ketones (excluding diaryl/α,β-unsaturated/α-hetero) is 1. The van der Waals surface area contributed by atoms with Gasteiger partial charge in [-0.25, -0.2) is 0 Å². The Balaban J connectivity index is 1.79. The summed E-state index contributed by atoms with van der Waals surface area (Å²) in [4.78, 5) is 27.8. The van der Waals surface area contributed by atoms with E-state index in [2.05, 4.69) is 0 Å². The van der Waals surface area contributed by atoms with Gasteiger partial charge in [-0.1, -0.05) is 6.07 Å². The van der Waals surface area contributed by atoms with Gasteiger partial charge in [0.1, 0.15) is 5.76 Å². The summed E-state index contributed by atoms with van der Waals surface area (Å²) in [5.74, 6) is -0.115. The topological polar surface area (TPSA) is 98.4 Å². The number of hydrogen-bond donors (Lipinski definition) is 1. The summed E-state index contributed by atoms with van der Waals surface area (Å²) < 4.78 is 21.9. The number of hydrogen-bond acceptors (Lipinski definition) is 7. The van der Waals surface area contributed by atoms with Crippen LogP contribution in [0, 0.1) is 6.92 Å². The summed E-state index contributed by atoms with van der Waals surface area (Å²) in [6, 6.07) is 7.56. The van der Waals surface area contributed by atoms with E-state index in [-0.39, 0.29) is 24.0 Å². The molecule has 31 heavy (non-hydrogen) atoms. The predicted octanol–water partition coefficient (Wildman–Crippen LogP) is 3.36. The Hall–Kier alpha value is -3.26. The number of nitrogens with zero attached hydrogens (tertiary/aromatic N) is 1. The first-order valence-corrected chi connectivity index (χ1v) is 10.1. The Morgan fingerprint density at radius 2 is 1.97 bits per heavy atom.